The molecule has 0 bridgehead atoms. The summed E-state index contributed by atoms with van der Waals surface area (Å²) >= 11 is 0. The molecule has 1 N–H and O–H groups in total. The molecule has 1 rings (SSSR count). The fraction of sp³-hybridized carbons (Fsp3) is 0.529. The first-order valence-corrected chi connectivity index (χ1v) is 6.89. The molecule has 0 spiro atoms. The Bertz CT molecular complexity index is 475. The van der Waals surface area contributed by atoms with E-state index in [9.17, 15) is 0 Å². The SMILES string of the molecule is Cc1cc(C#CCCO)ccc1OCCOC(C)(C)C. The molecule has 110 valence electrons. The summed E-state index contributed by atoms with van der Waals surface area (Å²) < 4.78 is 11.3. The van der Waals surface area contributed by atoms with Crippen LogP contribution < -0.4 is 4.74 Å². The van der Waals surface area contributed by atoms with E-state index in [1.807, 2.05) is 45.9 Å². The van der Waals surface area contributed by atoms with Gasteiger partial charge in [-0.25, -0.2) is 0 Å². The molecular formula is C17H24O3. The number of aryl methyl sites for hydroxylation is 1. The van der Waals surface area contributed by atoms with Gasteiger partial charge in [0.25, 0.3) is 0 Å². The number of rotatable bonds is 5. The molecule has 0 unspecified atom stereocenters. The summed E-state index contributed by atoms with van der Waals surface area (Å²) in [7, 11) is 0. The zero-order valence-corrected chi connectivity index (χ0v) is 12.8. The third-order valence-electron chi connectivity index (χ3n) is 2.52. The average Bonchev–Trinajstić information content (AvgIpc) is 2.36. The van der Waals surface area contributed by atoms with E-state index in [1.54, 1.807) is 0 Å². The maximum Gasteiger partial charge on any atom is 0.122 e. The highest BCUT2D eigenvalue weighted by Crippen LogP contribution is 2.19. The van der Waals surface area contributed by atoms with E-state index < -0.39 is 0 Å². The average molecular weight is 276 g/mol. The summed E-state index contributed by atoms with van der Waals surface area (Å²) in [4.78, 5) is 0. The second-order valence-electron chi connectivity index (χ2n) is 5.56. The summed E-state index contributed by atoms with van der Waals surface area (Å²) in [6.45, 7) is 9.28. The minimum absolute atomic E-state index is 0.0982. The lowest BCUT2D eigenvalue weighted by molar-refractivity contribution is -0.0163. The monoisotopic (exact) mass is 276 g/mol. The Hall–Kier alpha value is -1.50. The summed E-state index contributed by atoms with van der Waals surface area (Å²) in [5.74, 6) is 6.77. The zero-order valence-electron chi connectivity index (χ0n) is 12.8. The summed E-state index contributed by atoms with van der Waals surface area (Å²) in [6.07, 6.45) is 0.501. The minimum Gasteiger partial charge on any atom is -0.491 e. The van der Waals surface area contributed by atoms with Crippen LogP contribution in [0.2, 0.25) is 0 Å². The maximum absolute atomic E-state index is 8.69. The van der Waals surface area contributed by atoms with Crippen molar-refractivity contribution < 1.29 is 14.6 Å². The van der Waals surface area contributed by atoms with Crippen molar-refractivity contribution in [3.8, 4) is 17.6 Å². The molecule has 0 saturated carbocycles. The van der Waals surface area contributed by atoms with Gasteiger partial charge in [-0.1, -0.05) is 11.8 Å². The zero-order chi connectivity index (χ0) is 15.0. The van der Waals surface area contributed by atoms with Crippen molar-refractivity contribution in [3.05, 3.63) is 29.3 Å². The van der Waals surface area contributed by atoms with Gasteiger partial charge in [0.15, 0.2) is 0 Å². The molecule has 3 nitrogen and oxygen atoms in total. The third-order valence-corrected chi connectivity index (χ3v) is 2.52. The number of aliphatic hydroxyl groups is 1. The van der Waals surface area contributed by atoms with Crippen LogP contribution in [0.3, 0.4) is 0 Å². The van der Waals surface area contributed by atoms with Gasteiger partial charge in [-0.05, 0) is 51.5 Å². The number of benzene rings is 1. The normalized spacial score (nSPS) is 10.8. The second-order valence-corrected chi connectivity index (χ2v) is 5.56. The van der Waals surface area contributed by atoms with Gasteiger partial charge in [0, 0.05) is 12.0 Å². The van der Waals surface area contributed by atoms with E-state index in [-0.39, 0.29) is 12.2 Å². The van der Waals surface area contributed by atoms with Crippen molar-refractivity contribution >= 4 is 0 Å². The fourth-order valence-corrected chi connectivity index (χ4v) is 1.61. The summed E-state index contributed by atoms with van der Waals surface area (Å²) in [5.41, 5.74) is 1.86. The van der Waals surface area contributed by atoms with Crippen molar-refractivity contribution in [2.45, 2.75) is 39.7 Å². The van der Waals surface area contributed by atoms with Crippen LogP contribution in [0.25, 0.3) is 0 Å². The van der Waals surface area contributed by atoms with E-state index in [4.69, 9.17) is 14.6 Å². The van der Waals surface area contributed by atoms with Gasteiger partial charge in [0.05, 0.1) is 18.8 Å². The molecule has 0 aromatic heterocycles. The number of ether oxygens (including phenoxy) is 2. The highest BCUT2D eigenvalue weighted by Gasteiger charge is 2.09. The predicted molar refractivity (Wildman–Crippen MR) is 81.0 cm³/mol. The first kappa shape index (κ1) is 16.6. The van der Waals surface area contributed by atoms with E-state index in [1.165, 1.54) is 0 Å². The molecular weight excluding hydrogens is 252 g/mol. The highest BCUT2D eigenvalue weighted by molar-refractivity contribution is 5.43. The molecule has 0 amide bonds. The van der Waals surface area contributed by atoms with Crippen LogP contribution in [0.4, 0.5) is 0 Å². The predicted octanol–water partition coefficient (Wildman–Crippen LogP) is 2.92. The Morgan fingerprint density at radius 1 is 1.20 bits per heavy atom. The molecule has 0 aliphatic heterocycles. The number of hydrogen-bond donors (Lipinski definition) is 1. The van der Waals surface area contributed by atoms with Crippen molar-refractivity contribution in [3.63, 3.8) is 0 Å². The van der Waals surface area contributed by atoms with Crippen molar-refractivity contribution in [2.75, 3.05) is 19.8 Å². The first-order chi connectivity index (χ1) is 9.42. The fourth-order valence-electron chi connectivity index (χ4n) is 1.61. The summed E-state index contributed by atoms with van der Waals surface area (Å²) in [5, 5.41) is 8.69. The van der Waals surface area contributed by atoms with Crippen LogP contribution in [0.1, 0.15) is 38.3 Å². The Balaban J connectivity index is 2.50. The number of hydrogen-bond acceptors (Lipinski definition) is 3. The van der Waals surface area contributed by atoms with Gasteiger partial charge >= 0.3 is 0 Å². The first-order valence-electron chi connectivity index (χ1n) is 6.89. The topological polar surface area (TPSA) is 38.7 Å². The molecule has 1 aromatic carbocycles. The smallest absolute Gasteiger partial charge is 0.122 e. The molecule has 1 aromatic rings. The van der Waals surface area contributed by atoms with E-state index in [0.717, 1.165) is 16.9 Å². The third kappa shape index (κ3) is 6.60. The second kappa shape index (κ2) is 7.94. The van der Waals surface area contributed by atoms with Crippen molar-refractivity contribution in [1.29, 1.82) is 0 Å². The number of aliphatic hydroxyl groups excluding tert-OH is 1. The van der Waals surface area contributed by atoms with Gasteiger partial charge in [0.2, 0.25) is 0 Å². The minimum atomic E-state index is -0.134. The lowest BCUT2D eigenvalue weighted by atomic mass is 10.1. The van der Waals surface area contributed by atoms with Crippen LogP contribution in [0.15, 0.2) is 18.2 Å². The van der Waals surface area contributed by atoms with Crippen molar-refractivity contribution in [1.82, 2.24) is 0 Å². The molecule has 0 saturated heterocycles. The van der Waals surface area contributed by atoms with Crippen molar-refractivity contribution in [2.24, 2.45) is 0 Å². The largest absolute Gasteiger partial charge is 0.491 e. The quantitative estimate of drug-likeness (QED) is 0.664. The Labute approximate surface area is 121 Å². The lowest BCUT2D eigenvalue weighted by Gasteiger charge is -2.19. The van der Waals surface area contributed by atoms with E-state index in [2.05, 4.69) is 11.8 Å². The van der Waals surface area contributed by atoms with Crippen LogP contribution in [-0.2, 0) is 4.74 Å². The summed E-state index contributed by atoms with van der Waals surface area (Å²) in [6, 6.07) is 5.84. The molecule has 0 radical (unpaired) electrons. The maximum atomic E-state index is 8.69. The molecule has 0 heterocycles. The van der Waals surface area contributed by atoms with Gasteiger partial charge in [-0.2, -0.15) is 0 Å². The Kier molecular flexibility index (Phi) is 6.57. The molecule has 20 heavy (non-hydrogen) atoms. The Morgan fingerprint density at radius 3 is 2.55 bits per heavy atom. The molecule has 0 fully saturated rings. The highest BCUT2D eigenvalue weighted by atomic mass is 16.5. The van der Waals surface area contributed by atoms with Gasteiger partial charge in [-0.15, -0.1) is 0 Å². The van der Waals surface area contributed by atoms with Crippen LogP contribution >= 0.6 is 0 Å². The van der Waals surface area contributed by atoms with Gasteiger partial charge < -0.3 is 14.6 Å². The Morgan fingerprint density at radius 2 is 1.95 bits per heavy atom. The van der Waals surface area contributed by atoms with Gasteiger partial charge in [0.1, 0.15) is 12.4 Å². The van der Waals surface area contributed by atoms with Crippen LogP contribution in [0, 0.1) is 18.8 Å². The molecule has 3 heteroatoms. The lowest BCUT2D eigenvalue weighted by Crippen LogP contribution is -2.22. The van der Waals surface area contributed by atoms with E-state index in [0.29, 0.717) is 19.6 Å². The van der Waals surface area contributed by atoms with Crippen LogP contribution in [-0.4, -0.2) is 30.5 Å². The standard InChI is InChI=1S/C17H24O3/c1-14-13-15(7-5-6-10-18)8-9-16(14)19-11-12-20-17(2,3)4/h8-9,13,18H,6,10-12H2,1-4H3. The molecule has 0 atom stereocenters. The van der Waals surface area contributed by atoms with Crippen LogP contribution in [0.5, 0.6) is 5.75 Å². The van der Waals surface area contributed by atoms with E-state index >= 15 is 0 Å². The molecule has 0 aliphatic rings. The molecule has 0 aliphatic carbocycles. The van der Waals surface area contributed by atoms with Gasteiger partial charge in [-0.3, -0.25) is 0 Å².